The first-order valence-electron chi connectivity index (χ1n) is 8.86. The fourth-order valence-electron chi connectivity index (χ4n) is 2.81. The van der Waals surface area contributed by atoms with Crippen molar-refractivity contribution in [1.29, 1.82) is 0 Å². The van der Waals surface area contributed by atoms with Crippen LogP contribution in [-0.4, -0.2) is 56.9 Å². The molecule has 0 aliphatic rings. The number of likely N-dealkylation sites (N-methyl/N-ethyl adjacent to an activating group) is 1. The van der Waals surface area contributed by atoms with Crippen molar-refractivity contribution in [3.63, 3.8) is 0 Å². The van der Waals surface area contributed by atoms with E-state index < -0.39 is 11.9 Å². The van der Waals surface area contributed by atoms with Gasteiger partial charge in [-0.05, 0) is 44.4 Å². The number of esters is 1. The number of hydrogen-bond acceptors (Lipinski definition) is 4. The molecule has 0 saturated carbocycles. The van der Waals surface area contributed by atoms with Gasteiger partial charge in [0, 0.05) is 28.2 Å². The van der Waals surface area contributed by atoms with Gasteiger partial charge in [0.25, 0.3) is 5.91 Å². The predicted octanol–water partition coefficient (Wildman–Crippen LogP) is 2.05. The number of H-pyrrole nitrogens is 1. The molecule has 1 aromatic heterocycles. The van der Waals surface area contributed by atoms with Gasteiger partial charge in [0.1, 0.15) is 20.1 Å². The van der Waals surface area contributed by atoms with Crippen LogP contribution < -0.4 is 10.8 Å². The van der Waals surface area contributed by atoms with Gasteiger partial charge in [-0.25, -0.2) is 4.79 Å². The summed E-state index contributed by atoms with van der Waals surface area (Å²) in [7, 11) is 5.74. The molecule has 0 saturated heterocycles. The number of anilines is 1. The Labute approximate surface area is 169 Å². The quantitative estimate of drug-likeness (QED) is 0.493. The molecule has 8 heteroatoms. The lowest BCUT2D eigenvalue weighted by Crippen LogP contribution is -2.22. The van der Waals surface area contributed by atoms with Crippen LogP contribution in [0.4, 0.5) is 5.69 Å². The molecule has 2 N–H and O–H groups in total. The van der Waals surface area contributed by atoms with Crippen LogP contribution in [0.15, 0.2) is 42.5 Å². The van der Waals surface area contributed by atoms with Crippen LogP contribution in [0.1, 0.15) is 20.8 Å². The molecule has 2 aromatic carbocycles. The average Bonchev–Trinajstić information content (AvgIpc) is 3.02. The van der Waals surface area contributed by atoms with Crippen molar-refractivity contribution in [3.05, 3.63) is 58.7 Å². The van der Waals surface area contributed by atoms with Gasteiger partial charge in [0.05, 0.1) is 5.56 Å². The summed E-state index contributed by atoms with van der Waals surface area (Å²) in [6, 6.07) is 12.4. The number of fused-ring (bicyclic) bond motifs is 1. The molecule has 0 bridgehead atoms. The fraction of sp³-hybridized carbons (Fsp3) is 0.200. The van der Waals surface area contributed by atoms with E-state index in [0.717, 1.165) is 5.46 Å². The summed E-state index contributed by atoms with van der Waals surface area (Å²) in [5.41, 5.74) is 2.72. The van der Waals surface area contributed by atoms with Crippen molar-refractivity contribution in [1.82, 2.24) is 9.88 Å². The van der Waals surface area contributed by atoms with Gasteiger partial charge >= 0.3 is 5.97 Å². The smallest absolute Gasteiger partial charge is 0.341 e. The minimum absolute atomic E-state index is 0.172. The van der Waals surface area contributed by atoms with Gasteiger partial charge in [-0.1, -0.05) is 29.2 Å². The van der Waals surface area contributed by atoms with Crippen molar-refractivity contribution < 1.29 is 14.3 Å². The molecule has 0 spiro atoms. The number of carbonyl (C=O) groups is 2. The summed E-state index contributed by atoms with van der Waals surface area (Å²) < 4.78 is 5.39. The van der Waals surface area contributed by atoms with E-state index in [1.165, 1.54) is 0 Å². The highest BCUT2D eigenvalue weighted by Crippen LogP contribution is 2.24. The molecule has 0 atom stereocenters. The number of aromatic amines is 1. The van der Waals surface area contributed by atoms with Crippen LogP contribution in [0.3, 0.4) is 0 Å². The number of halogens is 1. The van der Waals surface area contributed by atoms with Gasteiger partial charge in [0.2, 0.25) is 0 Å². The molecule has 3 rings (SSSR count). The zero-order valence-corrected chi connectivity index (χ0v) is 16.8. The highest BCUT2D eigenvalue weighted by atomic mass is 35.5. The first-order chi connectivity index (χ1) is 13.3. The van der Waals surface area contributed by atoms with Crippen LogP contribution in [-0.2, 0) is 4.74 Å². The van der Waals surface area contributed by atoms with E-state index >= 15 is 0 Å². The van der Waals surface area contributed by atoms with Crippen molar-refractivity contribution >= 4 is 53.4 Å². The summed E-state index contributed by atoms with van der Waals surface area (Å²) in [6.07, 6.45) is 0. The van der Waals surface area contributed by atoms with Crippen LogP contribution >= 0.6 is 11.6 Å². The first-order valence-corrected chi connectivity index (χ1v) is 9.24. The molecular formula is C20H21BClN3O3. The SMILES string of the molecule is Bc1ccc2c(C(=O)OCCN(C)C)c(C(=O)Nc3ccc(Cl)cc3)[nH]c2c1. The third kappa shape index (κ3) is 4.55. The highest BCUT2D eigenvalue weighted by molar-refractivity contribution is 6.33. The molecule has 3 aromatic rings. The molecule has 0 aliphatic heterocycles. The lowest BCUT2D eigenvalue weighted by Gasteiger charge is -2.11. The normalized spacial score (nSPS) is 11.0. The van der Waals surface area contributed by atoms with E-state index in [1.807, 2.05) is 45.0 Å². The topological polar surface area (TPSA) is 74.4 Å². The summed E-state index contributed by atoms with van der Waals surface area (Å²) >= 11 is 5.89. The fourth-order valence-corrected chi connectivity index (χ4v) is 2.94. The van der Waals surface area contributed by atoms with E-state index in [-0.39, 0.29) is 17.9 Å². The third-order valence-electron chi connectivity index (χ3n) is 4.26. The highest BCUT2D eigenvalue weighted by Gasteiger charge is 2.24. The lowest BCUT2D eigenvalue weighted by molar-refractivity contribution is 0.0481. The van der Waals surface area contributed by atoms with Crippen molar-refractivity contribution in [2.24, 2.45) is 0 Å². The van der Waals surface area contributed by atoms with Crippen LogP contribution in [0.5, 0.6) is 0 Å². The maximum atomic E-state index is 12.9. The predicted molar refractivity (Wildman–Crippen MR) is 115 cm³/mol. The van der Waals surface area contributed by atoms with E-state index in [9.17, 15) is 9.59 Å². The standard InChI is InChI=1S/C20H21BClN3O3/c1-25(2)9-10-28-20(27)17-15-8-3-12(21)11-16(15)24-18(17)19(26)23-14-6-4-13(22)5-7-14/h3-8,11,24H,9-10,21H2,1-2H3,(H,23,26). The lowest BCUT2D eigenvalue weighted by atomic mass is 9.95. The van der Waals surface area contributed by atoms with Crippen molar-refractivity contribution in [3.8, 4) is 0 Å². The number of ether oxygens (including phenoxy) is 1. The number of benzene rings is 2. The summed E-state index contributed by atoms with van der Waals surface area (Å²) in [6.45, 7) is 0.835. The van der Waals surface area contributed by atoms with Gasteiger partial charge in [-0.2, -0.15) is 0 Å². The summed E-state index contributed by atoms with van der Waals surface area (Å²) in [4.78, 5) is 30.6. The van der Waals surface area contributed by atoms with E-state index in [4.69, 9.17) is 16.3 Å². The minimum atomic E-state index is -0.529. The monoisotopic (exact) mass is 397 g/mol. The molecule has 1 amide bonds. The van der Waals surface area contributed by atoms with E-state index in [1.54, 1.807) is 24.3 Å². The van der Waals surface area contributed by atoms with Crippen LogP contribution in [0.2, 0.25) is 5.02 Å². The Bertz CT molecular complexity index is 1020. The van der Waals surface area contributed by atoms with E-state index in [2.05, 4.69) is 10.3 Å². The largest absolute Gasteiger partial charge is 0.461 e. The Hall–Kier alpha value is -2.77. The second-order valence-corrected chi connectivity index (χ2v) is 7.26. The number of nitrogens with zero attached hydrogens (tertiary/aromatic N) is 1. The molecule has 28 heavy (non-hydrogen) atoms. The second-order valence-electron chi connectivity index (χ2n) is 6.82. The van der Waals surface area contributed by atoms with Gasteiger partial charge < -0.3 is 19.9 Å². The number of amides is 1. The Morgan fingerprint density at radius 2 is 1.89 bits per heavy atom. The zero-order valence-electron chi connectivity index (χ0n) is 16.0. The maximum Gasteiger partial charge on any atom is 0.341 e. The van der Waals surface area contributed by atoms with E-state index in [0.29, 0.717) is 28.2 Å². The molecule has 0 unspecified atom stereocenters. The maximum absolute atomic E-state index is 12.9. The van der Waals surface area contributed by atoms with Gasteiger partial charge in [0.15, 0.2) is 0 Å². The number of aromatic nitrogens is 1. The van der Waals surface area contributed by atoms with Crippen molar-refractivity contribution in [2.75, 3.05) is 32.6 Å². The number of nitrogens with one attached hydrogen (secondary N) is 2. The first kappa shape index (κ1) is 20.0. The molecule has 1 heterocycles. The molecule has 6 nitrogen and oxygen atoms in total. The molecule has 0 aliphatic carbocycles. The Balaban J connectivity index is 1.94. The second kappa shape index (κ2) is 8.50. The van der Waals surface area contributed by atoms with Crippen LogP contribution in [0.25, 0.3) is 10.9 Å². The summed E-state index contributed by atoms with van der Waals surface area (Å²) in [5.74, 6) is -0.950. The minimum Gasteiger partial charge on any atom is -0.461 e. The van der Waals surface area contributed by atoms with Gasteiger partial charge in [-0.15, -0.1) is 0 Å². The molecular weight excluding hydrogens is 377 g/mol. The molecule has 0 radical (unpaired) electrons. The number of rotatable bonds is 6. The number of carbonyl (C=O) groups excluding carboxylic acids is 2. The Morgan fingerprint density at radius 3 is 2.57 bits per heavy atom. The van der Waals surface area contributed by atoms with Crippen LogP contribution in [0, 0.1) is 0 Å². The van der Waals surface area contributed by atoms with Crippen molar-refractivity contribution in [2.45, 2.75) is 0 Å². The number of hydrogen-bond donors (Lipinski definition) is 2. The third-order valence-corrected chi connectivity index (χ3v) is 4.51. The molecule has 0 fully saturated rings. The average molecular weight is 398 g/mol. The zero-order chi connectivity index (χ0) is 20.3. The van der Waals surface area contributed by atoms with Gasteiger partial charge in [-0.3, -0.25) is 4.79 Å². The molecule has 144 valence electrons. The Morgan fingerprint density at radius 1 is 1.18 bits per heavy atom. The summed E-state index contributed by atoms with van der Waals surface area (Å²) in [5, 5.41) is 4.01. The Kier molecular flexibility index (Phi) is 6.07.